The van der Waals surface area contributed by atoms with Crippen LogP contribution in [0.15, 0.2) is 54.6 Å². The van der Waals surface area contributed by atoms with Gasteiger partial charge >= 0.3 is 0 Å². The van der Waals surface area contributed by atoms with Gasteiger partial charge in [-0.15, -0.1) is 11.8 Å². The Morgan fingerprint density at radius 1 is 1.04 bits per heavy atom. The molecule has 0 spiro atoms. The van der Waals surface area contributed by atoms with Gasteiger partial charge in [-0.05, 0) is 31.2 Å². The minimum Gasteiger partial charge on any atom is -0.325 e. The summed E-state index contributed by atoms with van der Waals surface area (Å²) in [5, 5.41) is 5.66. The molecule has 1 atom stereocenters. The lowest BCUT2D eigenvalue weighted by molar-refractivity contribution is -0.115. The highest BCUT2D eigenvalue weighted by atomic mass is 35.5. The van der Waals surface area contributed by atoms with Crippen LogP contribution in [-0.4, -0.2) is 22.8 Å². The lowest BCUT2D eigenvalue weighted by Crippen LogP contribution is -2.25. The third kappa shape index (κ3) is 5.62. The lowest BCUT2D eigenvalue weighted by atomic mass is 10.3. The van der Waals surface area contributed by atoms with Crippen molar-refractivity contribution in [2.45, 2.75) is 12.2 Å². The van der Waals surface area contributed by atoms with Gasteiger partial charge < -0.3 is 10.6 Å². The summed E-state index contributed by atoms with van der Waals surface area (Å²) in [6.07, 6.45) is 0. The summed E-state index contributed by atoms with van der Waals surface area (Å²) in [5.41, 5.74) is 1.31. The molecular formula is C17H17ClN2O2S. The number of carbonyl (C=O) groups is 2. The van der Waals surface area contributed by atoms with Gasteiger partial charge in [0.2, 0.25) is 11.8 Å². The first kappa shape index (κ1) is 17.4. The van der Waals surface area contributed by atoms with Crippen molar-refractivity contribution in [3.8, 4) is 0 Å². The molecule has 0 aliphatic carbocycles. The van der Waals surface area contributed by atoms with E-state index in [1.807, 2.05) is 30.3 Å². The molecule has 0 fully saturated rings. The normalized spacial score (nSPS) is 11.6. The quantitative estimate of drug-likeness (QED) is 0.828. The zero-order chi connectivity index (χ0) is 16.7. The van der Waals surface area contributed by atoms with Gasteiger partial charge in [-0.3, -0.25) is 9.59 Å². The van der Waals surface area contributed by atoms with Crippen molar-refractivity contribution in [1.82, 2.24) is 0 Å². The fraction of sp³-hybridized carbons (Fsp3) is 0.176. The van der Waals surface area contributed by atoms with Crippen molar-refractivity contribution < 1.29 is 9.59 Å². The van der Waals surface area contributed by atoms with E-state index in [1.54, 1.807) is 31.2 Å². The number of anilines is 2. The summed E-state index contributed by atoms with van der Waals surface area (Å²) in [7, 11) is 0. The first-order valence-electron chi connectivity index (χ1n) is 7.08. The molecule has 4 nitrogen and oxygen atoms in total. The van der Waals surface area contributed by atoms with Gasteiger partial charge in [-0.2, -0.15) is 0 Å². The number of hydrogen-bond donors (Lipinski definition) is 2. The molecule has 2 aromatic rings. The Morgan fingerprint density at radius 2 is 1.70 bits per heavy atom. The van der Waals surface area contributed by atoms with Crippen LogP contribution in [0, 0.1) is 0 Å². The summed E-state index contributed by atoms with van der Waals surface area (Å²) in [4.78, 5) is 24.0. The van der Waals surface area contributed by atoms with Gasteiger partial charge in [0.15, 0.2) is 0 Å². The number of rotatable bonds is 6. The predicted octanol–water partition coefficient (Wildman–Crippen LogP) is 4.04. The third-order valence-corrected chi connectivity index (χ3v) is 4.50. The fourth-order valence-electron chi connectivity index (χ4n) is 1.79. The molecule has 2 amide bonds. The van der Waals surface area contributed by atoms with E-state index in [0.717, 1.165) is 5.69 Å². The minimum atomic E-state index is -0.368. The first-order chi connectivity index (χ1) is 11.1. The molecule has 6 heteroatoms. The van der Waals surface area contributed by atoms with Crippen LogP contribution < -0.4 is 10.6 Å². The topological polar surface area (TPSA) is 58.2 Å². The van der Waals surface area contributed by atoms with Crippen molar-refractivity contribution in [2.75, 3.05) is 16.4 Å². The number of thioether (sulfide) groups is 1. The number of para-hydroxylation sites is 2. The summed E-state index contributed by atoms with van der Waals surface area (Å²) < 4.78 is 0. The average Bonchev–Trinajstić information content (AvgIpc) is 2.55. The highest BCUT2D eigenvalue weighted by molar-refractivity contribution is 8.01. The van der Waals surface area contributed by atoms with Crippen molar-refractivity contribution in [3.05, 3.63) is 59.6 Å². The monoisotopic (exact) mass is 348 g/mol. The Labute approximate surface area is 144 Å². The van der Waals surface area contributed by atoms with E-state index < -0.39 is 0 Å². The molecule has 0 saturated heterocycles. The van der Waals surface area contributed by atoms with Gasteiger partial charge in [0.05, 0.1) is 21.7 Å². The summed E-state index contributed by atoms with van der Waals surface area (Å²) >= 11 is 7.27. The first-order valence-corrected chi connectivity index (χ1v) is 8.51. The lowest BCUT2D eigenvalue weighted by Gasteiger charge is -2.13. The van der Waals surface area contributed by atoms with E-state index in [9.17, 15) is 9.59 Å². The zero-order valence-electron chi connectivity index (χ0n) is 12.6. The van der Waals surface area contributed by atoms with E-state index in [1.165, 1.54) is 11.8 Å². The molecule has 0 aliphatic rings. The number of amides is 2. The van der Waals surface area contributed by atoms with Gasteiger partial charge in [0.1, 0.15) is 0 Å². The zero-order valence-corrected chi connectivity index (χ0v) is 14.2. The molecule has 0 heterocycles. The Kier molecular flexibility index (Phi) is 6.50. The maximum absolute atomic E-state index is 12.1. The van der Waals surface area contributed by atoms with Crippen molar-refractivity contribution in [2.24, 2.45) is 0 Å². The maximum Gasteiger partial charge on any atom is 0.237 e. The number of carbonyl (C=O) groups excluding carboxylic acids is 2. The Balaban J connectivity index is 1.80. The highest BCUT2D eigenvalue weighted by Crippen LogP contribution is 2.22. The number of nitrogens with one attached hydrogen (secondary N) is 2. The molecule has 0 radical (unpaired) electrons. The molecule has 2 N–H and O–H groups in total. The molecule has 0 bridgehead atoms. The molecule has 0 aromatic heterocycles. The average molecular weight is 349 g/mol. The second kappa shape index (κ2) is 8.60. The van der Waals surface area contributed by atoms with E-state index in [4.69, 9.17) is 11.6 Å². The van der Waals surface area contributed by atoms with Crippen LogP contribution in [0.1, 0.15) is 6.92 Å². The second-order valence-electron chi connectivity index (χ2n) is 4.84. The summed E-state index contributed by atoms with van der Waals surface area (Å²) in [6.45, 7) is 1.76. The van der Waals surface area contributed by atoms with Crippen LogP contribution in [0.3, 0.4) is 0 Å². The number of hydrogen-bond acceptors (Lipinski definition) is 3. The smallest absolute Gasteiger partial charge is 0.237 e. The van der Waals surface area contributed by atoms with Gasteiger partial charge in [0, 0.05) is 5.69 Å². The molecule has 23 heavy (non-hydrogen) atoms. The third-order valence-electron chi connectivity index (χ3n) is 3.02. The Morgan fingerprint density at radius 3 is 2.39 bits per heavy atom. The van der Waals surface area contributed by atoms with Crippen molar-refractivity contribution in [1.29, 1.82) is 0 Å². The molecule has 0 saturated carbocycles. The van der Waals surface area contributed by atoms with Crippen LogP contribution in [0.2, 0.25) is 5.02 Å². The standard InChI is InChI=1S/C17H17ClN2O2S/c1-12(17(22)20-15-10-6-5-9-14(15)18)23-11-16(21)19-13-7-3-2-4-8-13/h2-10,12H,11H2,1H3,(H,19,21)(H,20,22)/t12-/m0/s1. The van der Waals surface area contributed by atoms with E-state index in [2.05, 4.69) is 10.6 Å². The van der Waals surface area contributed by atoms with Crippen LogP contribution in [0.25, 0.3) is 0 Å². The molecule has 0 aliphatic heterocycles. The van der Waals surface area contributed by atoms with Crippen LogP contribution in [-0.2, 0) is 9.59 Å². The van der Waals surface area contributed by atoms with Crippen LogP contribution in [0.5, 0.6) is 0 Å². The predicted molar refractivity (Wildman–Crippen MR) is 97.1 cm³/mol. The molecule has 0 unspecified atom stereocenters. The molecule has 2 rings (SSSR count). The van der Waals surface area contributed by atoms with Crippen LogP contribution in [0.4, 0.5) is 11.4 Å². The van der Waals surface area contributed by atoms with Crippen molar-refractivity contribution in [3.63, 3.8) is 0 Å². The molecular weight excluding hydrogens is 332 g/mol. The SMILES string of the molecule is C[C@H](SCC(=O)Nc1ccccc1)C(=O)Nc1ccccc1Cl. The fourth-order valence-corrected chi connectivity index (χ4v) is 2.66. The number of halogens is 1. The Hall–Kier alpha value is -1.98. The van der Waals surface area contributed by atoms with Gasteiger partial charge in [-0.25, -0.2) is 0 Å². The number of benzene rings is 2. The highest BCUT2D eigenvalue weighted by Gasteiger charge is 2.16. The maximum atomic E-state index is 12.1. The molecule has 2 aromatic carbocycles. The van der Waals surface area contributed by atoms with Crippen molar-refractivity contribution >= 4 is 46.6 Å². The summed E-state index contributed by atoms with van der Waals surface area (Å²) in [5.74, 6) is -0.124. The molecule has 120 valence electrons. The van der Waals surface area contributed by atoms with E-state index >= 15 is 0 Å². The second-order valence-corrected chi connectivity index (χ2v) is 6.57. The Bertz CT molecular complexity index is 679. The van der Waals surface area contributed by atoms with Crippen LogP contribution >= 0.6 is 23.4 Å². The van der Waals surface area contributed by atoms with E-state index in [0.29, 0.717) is 10.7 Å². The minimum absolute atomic E-state index is 0.140. The van der Waals surface area contributed by atoms with Gasteiger partial charge in [0.25, 0.3) is 0 Å². The van der Waals surface area contributed by atoms with E-state index in [-0.39, 0.29) is 22.8 Å². The van der Waals surface area contributed by atoms with Gasteiger partial charge in [-0.1, -0.05) is 41.9 Å². The largest absolute Gasteiger partial charge is 0.325 e. The summed E-state index contributed by atoms with van der Waals surface area (Å²) in [6, 6.07) is 16.3.